The molecule has 0 atom stereocenters. The first-order chi connectivity index (χ1) is 15.4. The van der Waals surface area contributed by atoms with Crippen LogP contribution >= 0.6 is 0 Å². The number of aromatic amines is 1. The molecule has 0 spiro atoms. The SMILES string of the molecule is Cn1c(=O)[nH]c2cc(C(=O)NCc3ccc4c(ccn4-c4c(F)cccc4F)c3)ccc21. The van der Waals surface area contributed by atoms with E-state index in [2.05, 4.69) is 10.3 Å². The maximum atomic E-state index is 14.2. The zero-order valence-corrected chi connectivity index (χ0v) is 17.0. The third-order valence-electron chi connectivity index (χ3n) is 5.55. The summed E-state index contributed by atoms with van der Waals surface area (Å²) in [4.78, 5) is 27.0. The minimum Gasteiger partial charge on any atom is -0.348 e. The number of hydrogen-bond acceptors (Lipinski definition) is 2. The van der Waals surface area contributed by atoms with Gasteiger partial charge in [-0.25, -0.2) is 13.6 Å². The van der Waals surface area contributed by atoms with Crippen molar-refractivity contribution in [2.75, 3.05) is 0 Å². The van der Waals surface area contributed by atoms with Gasteiger partial charge in [0.1, 0.15) is 17.3 Å². The van der Waals surface area contributed by atoms with Crippen LogP contribution in [-0.4, -0.2) is 20.0 Å². The molecule has 0 aliphatic rings. The van der Waals surface area contributed by atoms with Gasteiger partial charge in [-0.15, -0.1) is 0 Å². The summed E-state index contributed by atoms with van der Waals surface area (Å²) >= 11 is 0. The van der Waals surface area contributed by atoms with Crippen LogP contribution in [0.2, 0.25) is 0 Å². The molecule has 0 saturated carbocycles. The van der Waals surface area contributed by atoms with Crippen molar-refractivity contribution in [3.05, 3.63) is 100 Å². The van der Waals surface area contributed by atoms with Gasteiger partial charge >= 0.3 is 5.69 Å². The van der Waals surface area contributed by atoms with Gasteiger partial charge in [0, 0.05) is 30.7 Å². The maximum absolute atomic E-state index is 14.2. The molecule has 0 saturated heterocycles. The van der Waals surface area contributed by atoms with Gasteiger partial charge in [-0.2, -0.15) is 0 Å². The molecule has 5 rings (SSSR count). The number of benzene rings is 3. The van der Waals surface area contributed by atoms with Gasteiger partial charge in [-0.1, -0.05) is 12.1 Å². The molecule has 32 heavy (non-hydrogen) atoms. The highest BCUT2D eigenvalue weighted by Gasteiger charge is 2.14. The molecule has 2 aromatic heterocycles. The monoisotopic (exact) mass is 432 g/mol. The molecule has 1 amide bonds. The number of aromatic nitrogens is 3. The summed E-state index contributed by atoms with van der Waals surface area (Å²) in [5.41, 5.74) is 2.86. The highest BCUT2D eigenvalue weighted by Crippen LogP contribution is 2.25. The number of carbonyl (C=O) groups is 1. The van der Waals surface area contributed by atoms with Crippen LogP contribution in [0.25, 0.3) is 27.6 Å². The predicted octanol–water partition coefficient (Wildman–Crippen LogP) is 4.02. The molecule has 0 aliphatic heterocycles. The molecule has 160 valence electrons. The van der Waals surface area contributed by atoms with Gasteiger partial charge in [0.15, 0.2) is 0 Å². The smallest absolute Gasteiger partial charge is 0.326 e. The van der Waals surface area contributed by atoms with E-state index >= 15 is 0 Å². The summed E-state index contributed by atoms with van der Waals surface area (Å²) in [5.74, 6) is -1.56. The Kier molecular flexibility index (Phi) is 4.62. The van der Waals surface area contributed by atoms with Gasteiger partial charge in [0.05, 0.1) is 16.6 Å². The van der Waals surface area contributed by atoms with E-state index in [9.17, 15) is 18.4 Å². The number of halogens is 2. The second-order valence-electron chi connectivity index (χ2n) is 7.55. The van der Waals surface area contributed by atoms with Gasteiger partial charge in [-0.3, -0.25) is 9.36 Å². The molecule has 3 aromatic carbocycles. The van der Waals surface area contributed by atoms with Crippen LogP contribution < -0.4 is 11.0 Å². The van der Waals surface area contributed by atoms with Crippen molar-refractivity contribution in [3.63, 3.8) is 0 Å². The van der Waals surface area contributed by atoms with Crippen LogP contribution in [0, 0.1) is 11.6 Å². The van der Waals surface area contributed by atoms with E-state index in [0.29, 0.717) is 22.1 Å². The van der Waals surface area contributed by atoms with Crippen molar-refractivity contribution in [1.29, 1.82) is 0 Å². The van der Waals surface area contributed by atoms with Crippen LogP contribution in [0.1, 0.15) is 15.9 Å². The molecule has 0 radical (unpaired) electrons. The number of carbonyl (C=O) groups excluding carboxylic acids is 1. The third-order valence-corrected chi connectivity index (χ3v) is 5.55. The van der Waals surface area contributed by atoms with Crippen molar-refractivity contribution >= 4 is 27.8 Å². The first kappa shape index (κ1) is 19.7. The van der Waals surface area contributed by atoms with E-state index in [1.165, 1.54) is 27.3 Å². The largest absolute Gasteiger partial charge is 0.348 e. The fraction of sp³-hybridized carbons (Fsp3) is 0.0833. The molecule has 6 nitrogen and oxygen atoms in total. The summed E-state index contributed by atoms with van der Waals surface area (Å²) < 4.78 is 31.3. The number of fused-ring (bicyclic) bond motifs is 2. The van der Waals surface area contributed by atoms with Crippen molar-refractivity contribution in [1.82, 2.24) is 19.4 Å². The quantitative estimate of drug-likeness (QED) is 0.450. The highest BCUT2D eigenvalue weighted by molar-refractivity contribution is 5.97. The Bertz CT molecular complexity index is 1540. The standard InChI is InChI=1S/C24H18F2N4O2/c1-29-21-8-6-16(12-19(21)28-24(29)32)23(31)27-13-14-5-7-20-15(11-14)9-10-30(20)22-17(25)3-2-4-18(22)26/h2-12H,13H2,1H3,(H,27,31)(H,28,32). The minimum atomic E-state index is -0.643. The molecule has 0 aliphatic carbocycles. The van der Waals surface area contributed by atoms with Crippen LogP contribution in [-0.2, 0) is 13.6 Å². The van der Waals surface area contributed by atoms with E-state index in [4.69, 9.17) is 0 Å². The van der Waals surface area contributed by atoms with Gasteiger partial charge < -0.3 is 14.9 Å². The lowest BCUT2D eigenvalue weighted by Crippen LogP contribution is -2.22. The van der Waals surface area contributed by atoms with Crippen molar-refractivity contribution in [2.24, 2.45) is 7.05 Å². The second-order valence-corrected chi connectivity index (χ2v) is 7.55. The Labute approximate surface area is 180 Å². The normalized spacial score (nSPS) is 11.3. The number of H-pyrrole nitrogens is 1. The Morgan fingerprint density at radius 2 is 1.75 bits per heavy atom. The predicted molar refractivity (Wildman–Crippen MR) is 118 cm³/mol. The van der Waals surface area contributed by atoms with E-state index < -0.39 is 11.6 Å². The van der Waals surface area contributed by atoms with Gasteiger partial charge in [-0.05, 0) is 54.1 Å². The van der Waals surface area contributed by atoms with Gasteiger partial charge in [0.2, 0.25) is 0 Å². The third kappa shape index (κ3) is 3.26. The highest BCUT2D eigenvalue weighted by atomic mass is 19.1. The van der Waals surface area contributed by atoms with E-state index in [1.54, 1.807) is 49.6 Å². The fourth-order valence-electron chi connectivity index (χ4n) is 3.88. The lowest BCUT2D eigenvalue weighted by atomic mass is 10.1. The second kappa shape index (κ2) is 7.49. The summed E-state index contributed by atoms with van der Waals surface area (Å²) in [6.07, 6.45) is 1.62. The molecule has 8 heteroatoms. The number of nitrogens with zero attached hydrogens (tertiary/aromatic N) is 2. The number of amides is 1. The Morgan fingerprint density at radius 1 is 1.00 bits per heavy atom. The fourth-order valence-corrected chi connectivity index (χ4v) is 3.88. The van der Waals surface area contributed by atoms with E-state index in [0.717, 1.165) is 10.9 Å². The molecule has 0 fully saturated rings. The zero-order chi connectivity index (χ0) is 22.4. The first-order valence-electron chi connectivity index (χ1n) is 9.94. The number of aryl methyl sites for hydroxylation is 1. The van der Waals surface area contributed by atoms with Crippen molar-refractivity contribution < 1.29 is 13.6 Å². The summed E-state index contributed by atoms with van der Waals surface area (Å²) in [7, 11) is 1.66. The van der Waals surface area contributed by atoms with Gasteiger partial charge in [0.25, 0.3) is 5.91 Å². The molecule has 5 aromatic rings. The maximum Gasteiger partial charge on any atom is 0.326 e. The van der Waals surface area contributed by atoms with Crippen molar-refractivity contribution in [2.45, 2.75) is 6.54 Å². The lowest BCUT2D eigenvalue weighted by molar-refractivity contribution is 0.0951. The molecule has 0 bridgehead atoms. The summed E-state index contributed by atoms with van der Waals surface area (Å²) in [6.45, 7) is 0.275. The van der Waals surface area contributed by atoms with Crippen LogP contribution in [0.5, 0.6) is 0 Å². The van der Waals surface area contributed by atoms with Crippen LogP contribution in [0.4, 0.5) is 8.78 Å². The Balaban J connectivity index is 1.37. The topological polar surface area (TPSA) is 71.8 Å². The molecule has 0 unspecified atom stereocenters. The molecular weight excluding hydrogens is 414 g/mol. The number of rotatable bonds is 4. The van der Waals surface area contributed by atoms with E-state index in [-0.39, 0.29) is 23.8 Å². The number of para-hydroxylation sites is 1. The molecular formula is C24H18F2N4O2. The van der Waals surface area contributed by atoms with Crippen LogP contribution in [0.15, 0.2) is 71.7 Å². The minimum absolute atomic E-state index is 0.127. The first-order valence-corrected chi connectivity index (χ1v) is 9.94. The molecule has 2 N–H and O–H groups in total. The molecule has 2 heterocycles. The summed E-state index contributed by atoms with van der Waals surface area (Å²) in [6, 6.07) is 16.0. The zero-order valence-electron chi connectivity index (χ0n) is 17.0. The number of hydrogen-bond donors (Lipinski definition) is 2. The van der Waals surface area contributed by atoms with Crippen LogP contribution in [0.3, 0.4) is 0 Å². The average Bonchev–Trinajstić information content (AvgIpc) is 3.32. The van der Waals surface area contributed by atoms with E-state index in [1.807, 2.05) is 6.07 Å². The summed E-state index contributed by atoms with van der Waals surface area (Å²) in [5, 5.41) is 3.65. The number of imidazole rings is 1. The number of nitrogens with one attached hydrogen (secondary N) is 2. The van der Waals surface area contributed by atoms with Crippen molar-refractivity contribution in [3.8, 4) is 5.69 Å². The Hall–Kier alpha value is -4.20. The Morgan fingerprint density at radius 3 is 2.53 bits per heavy atom. The average molecular weight is 432 g/mol. The lowest BCUT2D eigenvalue weighted by Gasteiger charge is -2.09.